The summed E-state index contributed by atoms with van der Waals surface area (Å²) in [5, 5.41) is 0. The second kappa shape index (κ2) is 6.69. The predicted molar refractivity (Wildman–Crippen MR) is 75.5 cm³/mol. The maximum Gasteiger partial charge on any atom is 0.327 e. The van der Waals surface area contributed by atoms with Crippen LogP contribution in [-0.4, -0.2) is 24.0 Å². The summed E-state index contributed by atoms with van der Waals surface area (Å²) in [4.78, 5) is 14.9. The molecule has 1 aromatic rings. The zero-order valence-electron chi connectivity index (χ0n) is 10.8. The molecule has 1 aliphatic carbocycles. The lowest BCUT2D eigenvalue weighted by molar-refractivity contribution is 0.179. The number of nitrogens with one attached hydrogen (secondary N) is 1. The molecule has 0 aromatic heterocycles. The molecule has 18 heavy (non-hydrogen) atoms. The van der Waals surface area contributed by atoms with E-state index in [9.17, 15) is 4.79 Å². The molecule has 98 valence electrons. The normalized spacial score (nSPS) is 16.3. The number of rotatable bonds is 3. The van der Waals surface area contributed by atoms with Crippen LogP contribution in [-0.2, 0) is 0 Å². The van der Waals surface area contributed by atoms with Crippen LogP contribution in [0.25, 0.3) is 0 Å². The zero-order chi connectivity index (χ0) is 12.8. The highest BCUT2D eigenvalue weighted by Crippen LogP contribution is 2.22. The molecule has 0 heterocycles. The van der Waals surface area contributed by atoms with Crippen molar-refractivity contribution in [2.45, 2.75) is 43.0 Å². The molecule has 1 aromatic carbocycles. The Morgan fingerprint density at radius 2 is 1.89 bits per heavy atom. The van der Waals surface area contributed by atoms with Crippen LogP contribution in [0.15, 0.2) is 35.2 Å². The van der Waals surface area contributed by atoms with Crippen molar-refractivity contribution in [3.63, 3.8) is 0 Å². The Morgan fingerprint density at radius 3 is 2.56 bits per heavy atom. The number of urea groups is 1. The minimum Gasteiger partial charge on any atom is -0.324 e. The molecule has 0 aliphatic heterocycles. The summed E-state index contributed by atoms with van der Waals surface area (Å²) in [5.41, 5.74) is 0. The van der Waals surface area contributed by atoms with Crippen molar-refractivity contribution >= 4 is 18.0 Å². The number of hydrogen-bond donors (Lipinski definition) is 1. The van der Waals surface area contributed by atoms with E-state index >= 15 is 0 Å². The predicted octanol–water partition coefficient (Wildman–Crippen LogP) is 3.67. The van der Waals surface area contributed by atoms with Crippen LogP contribution in [0, 0.1) is 0 Å². The van der Waals surface area contributed by atoms with Crippen molar-refractivity contribution in [2.75, 3.05) is 7.05 Å². The molecule has 0 atom stereocenters. The summed E-state index contributed by atoms with van der Waals surface area (Å²) in [5.74, 6) is 0. The fourth-order valence-corrected chi connectivity index (χ4v) is 2.94. The minimum absolute atomic E-state index is 0.00996. The van der Waals surface area contributed by atoms with Crippen LogP contribution in [0.5, 0.6) is 0 Å². The summed E-state index contributed by atoms with van der Waals surface area (Å²) in [6, 6.07) is 10.3. The van der Waals surface area contributed by atoms with Gasteiger partial charge in [-0.3, -0.25) is 4.72 Å². The fourth-order valence-electron chi connectivity index (χ4n) is 2.30. The molecule has 0 radical (unpaired) electrons. The fraction of sp³-hybridized carbons (Fsp3) is 0.500. The van der Waals surface area contributed by atoms with E-state index in [0.29, 0.717) is 6.04 Å². The number of amides is 2. The first-order valence-electron chi connectivity index (χ1n) is 6.52. The van der Waals surface area contributed by atoms with Crippen LogP contribution >= 0.6 is 11.9 Å². The lowest BCUT2D eigenvalue weighted by Crippen LogP contribution is -2.42. The van der Waals surface area contributed by atoms with Gasteiger partial charge in [-0.1, -0.05) is 37.5 Å². The third-order valence-corrected chi connectivity index (χ3v) is 4.23. The lowest BCUT2D eigenvalue weighted by Gasteiger charge is -2.30. The first-order chi connectivity index (χ1) is 8.77. The van der Waals surface area contributed by atoms with Gasteiger partial charge < -0.3 is 4.90 Å². The number of nitrogens with zero attached hydrogens (tertiary/aromatic N) is 1. The summed E-state index contributed by atoms with van der Waals surface area (Å²) in [6.45, 7) is 0. The van der Waals surface area contributed by atoms with Crippen LogP contribution in [0.4, 0.5) is 4.79 Å². The largest absolute Gasteiger partial charge is 0.327 e. The number of carbonyl (C=O) groups is 1. The second-order valence-corrected chi connectivity index (χ2v) is 5.60. The average molecular weight is 264 g/mol. The average Bonchev–Trinajstić information content (AvgIpc) is 2.46. The SMILES string of the molecule is CN(C(=O)NSc1ccccc1)C1CCCCC1. The van der Waals surface area contributed by atoms with E-state index in [2.05, 4.69) is 4.72 Å². The van der Waals surface area contributed by atoms with Crippen molar-refractivity contribution in [3.8, 4) is 0 Å². The molecule has 0 saturated heterocycles. The Labute approximate surface area is 113 Å². The van der Waals surface area contributed by atoms with Gasteiger partial charge in [0, 0.05) is 18.0 Å². The maximum absolute atomic E-state index is 12.0. The smallest absolute Gasteiger partial charge is 0.324 e. The molecule has 1 fully saturated rings. The number of carbonyl (C=O) groups excluding carboxylic acids is 1. The van der Waals surface area contributed by atoms with E-state index in [1.165, 1.54) is 31.2 Å². The highest BCUT2D eigenvalue weighted by Gasteiger charge is 2.21. The molecule has 3 nitrogen and oxygen atoms in total. The standard InChI is InChI=1S/C14H20N2OS/c1-16(12-8-4-2-5-9-12)14(17)15-18-13-10-6-3-7-11-13/h3,6-7,10-12H,2,4-5,8-9H2,1H3,(H,15,17). The Hall–Kier alpha value is -1.16. The van der Waals surface area contributed by atoms with Crippen molar-refractivity contribution in [1.82, 2.24) is 9.62 Å². The molecule has 1 aliphatic rings. The maximum atomic E-state index is 12.0. The Morgan fingerprint density at radius 1 is 1.22 bits per heavy atom. The molecule has 1 N–H and O–H groups in total. The van der Waals surface area contributed by atoms with Crippen LogP contribution < -0.4 is 4.72 Å². The van der Waals surface area contributed by atoms with Gasteiger partial charge in [0.1, 0.15) is 0 Å². The van der Waals surface area contributed by atoms with Gasteiger partial charge in [0.05, 0.1) is 0 Å². The zero-order valence-corrected chi connectivity index (χ0v) is 11.6. The van der Waals surface area contributed by atoms with E-state index in [1.807, 2.05) is 42.3 Å². The molecular weight excluding hydrogens is 244 g/mol. The van der Waals surface area contributed by atoms with Crippen molar-refractivity contribution in [1.29, 1.82) is 0 Å². The molecule has 2 amide bonds. The van der Waals surface area contributed by atoms with Crippen LogP contribution in [0.1, 0.15) is 32.1 Å². The number of benzene rings is 1. The van der Waals surface area contributed by atoms with Gasteiger partial charge in [-0.2, -0.15) is 0 Å². The van der Waals surface area contributed by atoms with E-state index in [1.54, 1.807) is 0 Å². The summed E-state index contributed by atoms with van der Waals surface area (Å²) < 4.78 is 2.90. The first-order valence-corrected chi connectivity index (χ1v) is 7.34. The van der Waals surface area contributed by atoms with E-state index in [4.69, 9.17) is 0 Å². The van der Waals surface area contributed by atoms with Gasteiger partial charge in [-0.25, -0.2) is 4.79 Å². The molecule has 1 saturated carbocycles. The quantitative estimate of drug-likeness (QED) is 0.845. The summed E-state index contributed by atoms with van der Waals surface area (Å²) in [7, 11) is 1.90. The minimum atomic E-state index is 0.00996. The van der Waals surface area contributed by atoms with E-state index in [-0.39, 0.29) is 6.03 Å². The van der Waals surface area contributed by atoms with Gasteiger partial charge in [-0.05, 0) is 36.9 Å². The molecule has 0 unspecified atom stereocenters. The molecule has 0 spiro atoms. The monoisotopic (exact) mass is 264 g/mol. The number of hydrogen-bond acceptors (Lipinski definition) is 2. The highest BCUT2D eigenvalue weighted by molar-refractivity contribution is 7.98. The second-order valence-electron chi connectivity index (χ2n) is 4.73. The van der Waals surface area contributed by atoms with Crippen LogP contribution in [0.2, 0.25) is 0 Å². The summed E-state index contributed by atoms with van der Waals surface area (Å²) in [6.07, 6.45) is 6.08. The van der Waals surface area contributed by atoms with Gasteiger partial charge in [0.15, 0.2) is 0 Å². The van der Waals surface area contributed by atoms with Gasteiger partial charge in [-0.15, -0.1) is 0 Å². The molecule has 4 heteroatoms. The Bertz CT molecular complexity index is 377. The van der Waals surface area contributed by atoms with Crippen molar-refractivity contribution in [2.24, 2.45) is 0 Å². The van der Waals surface area contributed by atoms with E-state index < -0.39 is 0 Å². The topological polar surface area (TPSA) is 32.3 Å². The van der Waals surface area contributed by atoms with Crippen molar-refractivity contribution in [3.05, 3.63) is 30.3 Å². The first kappa shape index (κ1) is 13.3. The Balaban J connectivity index is 1.80. The van der Waals surface area contributed by atoms with Gasteiger partial charge in [0.25, 0.3) is 0 Å². The molecular formula is C14H20N2OS. The van der Waals surface area contributed by atoms with E-state index in [0.717, 1.165) is 17.7 Å². The van der Waals surface area contributed by atoms with Crippen LogP contribution in [0.3, 0.4) is 0 Å². The third kappa shape index (κ3) is 3.67. The summed E-state index contributed by atoms with van der Waals surface area (Å²) >= 11 is 1.38. The van der Waals surface area contributed by atoms with Crippen molar-refractivity contribution < 1.29 is 4.79 Å². The Kier molecular flexibility index (Phi) is 4.93. The lowest BCUT2D eigenvalue weighted by atomic mass is 9.95. The van der Waals surface area contributed by atoms with Gasteiger partial charge >= 0.3 is 6.03 Å². The van der Waals surface area contributed by atoms with Gasteiger partial charge in [0.2, 0.25) is 0 Å². The highest BCUT2D eigenvalue weighted by atomic mass is 32.2. The third-order valence-electron chi connectivity index (χ3n) is 3.44. The molecule has 0 bridgehead atoms. The molecule has 2 rings (SSSR count).